The Morgan fingerprint density at radius 3 is 1.09 bits per heavy atom. The van der Waals surface area contributed by atoms with Crippen LogP contribution in [0, 0.1) is 0 Å². The summed E-state index contributed by atoms with van der Waals surface area (Å²) in [5.41, 5.74) is 10.2. The summed E-state index contributed by atoms with van der Waals surface area (Å²) in [6.07, 6.45) is 5.34. The summed E-state index contributed by atoms with van der Waals surface area (Å²) in [7, 11) is 0. The normalized spacial score (nSPS) is 13.4. The lowest BCUT2D eigenvalue weighted by molar-refractivity contribution is -0.00829. The van der Waals surface area contributed by atoms with E-state index in [0.29, 0.717) is 39.5 Å². The topological polar surface area (TPSA) is 71.1 Å². The summed E-state index contributed by atoms with van der Waals surface area (Å²) in [5.74, 6) is 4.33. The minimum Gasteiger partial charge on any atom is -0.488 e. The Morgan fingerprint density at radius 2 is 0.700 bits per heavy atom. The highest BCUT2D eigenvalue weighted by Gasteiger charge is 2.49. The van der Waals surface area contributed by atoms with Crippen LogP contribution in [0.2, 0.25) is 0 Å². The molecule has 0 saturated carbocycles. The van der Waals surface area contributed by atoms with Gasteiger partial charge in [0.2, 0.25) is 0 Å². The summed E-state index contributed by atoms with van der Waals surface area (Å²) in [6.45, 7) is 22.1. The number of hydrogen-bond donors (Lipinski definition) is 0. The van der Waals surface area contributed by atoms with Crippen molar-refractivity contribution in [2.45, 2.75) is 145 Å². The largest absolute Gasteiger partial charge is 0.488 e. The quantitative estimate of drug-likeness (QED) is 0.0528. The van der Waals surface area contributed by atoms with Crippen LogP contribution in [-0.4, -0.2) is 22.8 Å². The Bertz CT molecular complexity index is 4040. The van der Waals surface area contributed by atoms with E-state index in [1.54, 1.807) is 11.8 Å². The first-order valence-electron chi connectivity index (χ1n) is 32.0. The van der Waals surface area contributed by atoms with E-state index >= 15 is 0 Å². The lowest BCUT2D eigenvalue weighted by Crippen LogP contribution is -2.52. The summed E-state index contributed by atoms with van der Waals surface area (Å²) in [4.78, 5) is 29.8. The predicted octanol–water partition coefficient (Wildman–Crippen LogP) is 22.2. The monoisotopic (exact) mass is 1210 g/mol. The molecule has 6 nitrogen and oxygen atoms in total. The number of hydrogen-bond acceptors (Lipinski definition) is 7. The van der Waals surface area contributed by atoms with Crippen LogP contribution in [0.5, 0.6) is 34.5 Å². The van der Waals surface area contributed by atoms with E-state index in [1.165, 1.54) is 27.8 Å². The second kappa shape index (κ2) is 26.3. The molecular formula is C83H82O6S. The van der Waals surface area contributed by atoms with Gasteiger partial charge in [0.05, 0.1) is 5.41 Å². The lowest BCUT2D eigenvalue weighted by atomic mass is 9.63. The lowest BCUT2D eigenvalue weighted by Gasteiger charge is -2.48. The van der Waals surface area contributed by atoms with Crippen LogP contribution in [0.4, 0.5) is 0 Å². The number of carbonyl (C=O) groups is 2. The maximum atomic E-state index is 14.1. The van der Waals surface area contributed by atoms with Gasteiger partial charge >= 0.3 is 0 Å². The summed E-state index contributed by atoms with van der Waals surface area (Å²) >= 11 is 1.69. The fourth-order valence-corrected chi connectivity index (χ4v) is 14.0. The molecule has 11 rings (SSSR count). The molecule has 0 fully saturated rings. The minimum atomic E-state index is -0.639. The first-order chi connectivity index (χ1) is 43.5. The molecular weight excluding hydrogens is 1120 g/mol. The maximum absolute atomic E-state index is 14.1. The molecule has 0 aliphatic heterocycles. The van der Waals surface area contributed by atoms with Crippen LogP contribution in [0.3, 0.4) is 0 Å². The Balaban J connectivity index is 0.776. The Kier molecular flexibility index (Phi) is 18.3. The van der Waals surface area contributed by atoms with Gasteiger partial charge in [-0.05, 0) is 224 Å². The van der Waals surface area contributed by atoms with Gasteiger partial charge in [0.1, 0.15) is 45.7 Å². The summed E-state index contributed by atoms with van der Waals surface area (Å²) in [5, 5.41) is 0. The molecule has 0 bridgehead atoms. The van der Waals surface area contributed by atoms with Crippen LogP contribution in [0.15, 0.2) is 252 Å². The summed E-state index contributed by atoms with van der Waals surface area (Å²) < 4.78 is 26.3. The molecule has 1 aliphatic carbocycles. The number of benzene rings is 10. The average molecular weight is 1210 g/mol. The van der Waals surface area contributed by atoms with E-state index < -0.39 is 11.0 Å². The molecule has 456 valence electrons. The van der Waals surface area contributed by atoms with Gasteiger partial charge in [-0.2, -0.15) is 0 Å². The van der Waals surface area contributed by atoms with Crippen molar-refractivity contribution < 1.29 is 28.5 Å². The molecule has 1 aliphatic rings. The third-order valence-electron chi connectivity index (χ3n) is 19.7. The molecule has 0 N–H and O–H groups in total. The number of ether oxygens (including phenoxy) is 4. The highest BCUT2D eigenvalue weighted by atomic mass is 32.2. The minimum absolute atomic E-state index is 0.0167. The van der Waals surface area contributed by atoms with Gasteiger partial charge in [-0.25, -0.2) is 0 Å². The van der Waals surface area contributed by atoms with Crippen molar-refractivity contribution in [3.63, 3.8) is 0 Å². The van der Waals surface area contributed by atoms with Crippen molar-refractivity contribution in [2.24, 2.45) is 0 Å². The smallest absolute Gasteiger partial charge is 0.193 e. The van der Waals surface area contributed by atoms with Crippen molar-refractivity contribution in [2.75, 3.05) is 0 Å². The number of ketones is 2. The third kappa shape index (κ3) is 12.3. The Morgan fingerprint density at radius 1 is 0.356 bits per heavy atom. The van der Waals surface area contributed by atoms with Gasteiger partial charge in [-0.3, -0.25) is 9.59 Å². The molecule has 0 radical (unpaired) electrons. The fraction of sp³-hybridized carbons (Fsp3) is 0.253. The molecule has 7 heteroatoms. The molecule has 10 aromatic rings. The number of rotatable bonds is 25. The van der Waals surface area contributed by atoms with Crippen LogP contribution < -0.4 is 18.9 Å². The van der Waals surface area contributed by atoms with Crippen LogP contribution in [-0.2, 0) is 16.2 Å². The molecule has 1 unspecified atom stereocenters. The van der Waals surface area contributed by atoms with Gasteiger partial charge in [0, 0.05) is 37.5 Å². The third-order valence-corrected chi connectivity index (χ3v) is 20.7. The van der Waals surface area contributed by atoms with Crippen LogP contribution in [0.1, 0.15) is 173 Å². The molecule has 0 aromatic heterocycles. The van der Waals surface area contributed by atoms with Crippen LogP contribution >= 0.6 is 11.8 Å². The molecule has 1 atom stereocenters. The second-order valence-electron chi connectivity index (χ2n) is 25.0. The van der Waals surface area contributed by atoms with E-state index in [9.17, 15) is 9.59 Å². The van der Waals surface area contributed by atoms with E-state index in [0.717, 1.165) is 82.3 Å². The van der Waals surface area contributed by atoms with Crippen molar-refractivity contribution in [3.05, 3.63) is 298 Å². The zero-order valence-electron chi connectivity index (χ0n) is 53.7. The SMILES string of the molecule is CCC(C)(CC)Oc1ccc(Sc2ccc(Oc3ccc(C(=O)c4ccc(C(CC)(CC)C(C)(CC)Oc5ccc(C6(c7ccc(Oc8ccc(C(=O)c9ccc(C(C)(C)CC)cc9)cc8)cc7)c7ccccc7-c7ccccc76)cc5)cc4)cc3)cc2)cc1. The molecule has 0 saturated heterocycles. The van der Waals surface area contributed by atoms with Crippen molar-refractivity contribution in [3.8, 4) is 45.6 Å². The zero-order valence-corrected chi connectivity index (χ0v) is 54.5. The molecule has 10 aromatic carbocycles. The second-order valence-corrected chi connectivity index (χ2v) is 26.1. The van der Waals surface area contributed by atoms with E-state index in [2.05, 4.69) is 203 Å². The van der Waals surface area contributed by atoms with E-state index in [1.807, 2.05) is 109 Å². The van der Waals surface area contributed by atoms with Gasteiger partial charge in [0.25, 0.3) is 0 Å². The standard InChI is InChI=1S/C83H82O6S/c1-11-79(7,8)61-33-25-57(26-34-61)77(84)59-29-41-65(42-30-59)86-67-45-37-63(38-46-67)83(75-23-19-17-21-73(75)74-22-18-20-24-76(74)83)64-39-47-70(48-40-64)89-81(10,14-4)82(15-5,16-6)62-35-27-58(28-36-62)78(85)60-31-43-66(44-32-60)87-68-49-53-71(54-50-68)90-72-55-51-69(52-56-72)88-80(9,12-2)13-3/h17-56H,11-16H2,1-10H3. The van der Waals surface area contributed by atoms with Gasteiger partial charge < -0.3 is 18.9 Å². The number of carbonyl (C=O) groups excluding carboxylic acids is 2. The van der Waals surface area contributed by atoms with E-state index in [4.69, 9.17) is 18.9 Å². The van der Waals surface area contributed by atoms with Gasteiger partial charge in [-0.15, -0.1) is 0 Å². The molecule has 0 amide bonds. The first-order valence-corrected chi connectivity index (χ1v) is 32.9. The fourth-order valence-electron chi connectivity index (χ4n) is 13.2. The highest BCUT2D eigenvalue weighted by molar-refractivity contribution is 7.99. The number of fused-ring (bicyclic) bond motifs is 3. The predicted molar refractivity (Wildman–Crippen MR) is 368 cm³/mol. The average Bonchev–Trinajstić information content (AvgIpc) is 1.53. The van der Waals surface area contributed by atoms with Gasteiger partial charge in [0.15, 0.2) is 11.6 Å². The van der Waals surface area contributed by atoms with E-state index in [-0.39, 0.29) is 28.0 Å². The maximum Gasteiger partial charge on any atom is 0.193 e. The van der Waals surface area contributed by atoms with Gasteiger partial charge in [-0.1, -0.05) is 188 Å². The van der Waals surface area contributed by atoms with Crippen molar-refractivity contribution >= 4 is 23.3 Å². The van der Waals surface area contributed by atoms with Crippen molar-refractivity contribution in [1.82, 2.24) is 0 Å². The Labute approximate surface area is 537 Å². The molecule has 0 spiro atoms. The highest BCUT2D eigenvalue weighted by Crippen LogP contribution is 2.57. The Hall–Kier alpha value is -8.91. The van der Waals surface area contributed by atoms with Crippen molar-refractivity contribution in [1.29, 1.82) is 0 Å². The summed E-state index contributed by atoms with van der Waals surface area (Å²) in [6, 6.07) is 82.0. The first kappa shape index (κ1) is 62.7. The van der Waals surface area contributed by atoms with Crippen LogP contribution in [0.25, 0.3) is 11.1 Å². The molecule has 90 heavy (non-hydrogen) atoms. The zero-order chi connectivity index (χ0) is 63.3. The molecule has 0 heterocycles.